The first-order valence-corrected chi connectivity index (χ1v) is 26.3. The van der Waals surface area contributed by atoms with E-state index in [0.29, 0.717) is 27.6 Å². The fourth-order valence-corrected chi connectivity index (χ4v) is 8.45. The number of nitrogens with two attached hydrogens (primary N) is 4. The zero-order valence-electron chi connectivity index (χ0n) is 45.7. The number of carbonyl (C=O) groups excluding carboxylic acids is 10. The summed E-state index contributed by atoms with van der Waals surface area (Å²) in [7, 11) is 0. The number of primary amides is 2. The van der Waals surface area contributed by atoms with Crippen LogP contribution in [0.2, 0.25) is 0 Å². The zero-order valence-corrected chi connectivity index (χ0v) is 45.7. The highest BCUT2D eigenvalue weighted by Gasteiger charge is 2.35. The van der Waals surface area contributed by atoms with Crippen molar-refractivity contribution in [3.8, 4) is 5.75 Å². The molecule has 4 aromatic rings. The monoisotopic (exact) mass is 1160 g/mol. The molecule has 0 fully saturated rings. The Labute approximate surface area is 476 Å². The molecule has 0 spiro atoms. The topological polar surface area (TPSA) is 500 Å². The minimum atomic E-state index is -1.89. The lowest BCUT2D eigenvalue weighted by atomic mass is 10.0. The zero-order chi connectivity index (χ0) is 61.3. The number of aliphatic hydroxyl groups excluding tert-OH is 1. The van der Waals surface area contributed by atoms with Gasteiger partial charge in [-0.25, -0.2) is 4.79 Å². The number of aromatic nitrogens is 1. The van der Waals surface area contributed by atoms with E-state index >= 15 is 0 Å². The molecule has 22 N–H and O–H groups in total. The second-order valence-electron chi connectivity index (χ2n) is 19.9. The second-order valence-corrected chi connectivity index (χ2v) is 19.9. The Hall–Kier alpha value is -9.64. The summed E-state index contributed by atoms with van der Waals surface area (Å²) in [6.45, 7) is 1.82. The summed E-state index contributed by atoms with van der Waals surface area (Å²) in [6.07, 6.45) is -0.415. The highest BCUT2D eigenvalue weighted by Crippen LogP contribution is 2.20. The smallest absolute Gasteiger partial charge is 0.326 e. The summed E-state index contributed by atoms with van der Waals surface area (Å²) in [5.74, 6) is -12.1. The average molecular weight is 1160 g/mol. The molecule has 8 atom stereocenters. The predicted octanol–water partition coefficient (Wildman–Crippen LogP) is -4.12. The van der Waals surface area contributed by atoms with Crippen molar-refractivity contribution >= 4 is 81.9 Å². The van der Waals surface area contributed by atoms with E-state index in [9.17, 15) is 68.1 Å². The van der Waals surface area contributed by atoms with Gasteiger partial charge in [-0.15, -0.1) is 0 Å². The SMILES string of the molecule is CC(C)C[C@H](NC(=O)CNC(=O)[C@H](Cc1ccccc1)NC(=O)[C@H](CO)NC(=O)[C@H](CC(N)=O)NC(=O)[C@@H](Cc1c[nH]c2ccccc12)NC(=O)[C@H](CC(N)=O)NC(=O)[C@@H](N)Cc1ccc(O)cc1)C(=O)N[C@@H](CCCNC(=N)N)C(=O)O. The summed E-state index contributed by atoms with van der Waals surface area (Å²) in [5.41, 5.74) is 24.5. The highest BCUT2D eigenvalue weighted by molar-refractivity contribution is 6.00. The van der Waals surface area contributed by atoms with Gasteiger partial charge < -0.3 is 91.1 Å². The molecule has 0 bridgehead atoms. The van der Waals surface area contributed by atoms with Crippen LogP contribution in [0.15, 0.2) is 85.1 Å². The Morgan fingerprint density at radius 1 is 0.566 bits per heavy atom. The molecule has 83 heavy (non-hydrogen) atoms. The Balaban J connectivity index is 1.51. The lowest BCUT2D eigenvalue weighted by Crippen LogP contribution is -2.61. The number of aromatic amines is 1. The fourth-order valence-electron chi connectivity index (χ4n) is 8.45. The number of aromatic hydroxyl groups is 1. The van der Waals surface area contributed by atoms with Gasteiger partial charge in [-0.3, -0.25) is 53.4 Å². The van der Waals surface area contributed by atoms with Crippen LogP contribution in [-0.4, -0.2) is 159 Å². The lowest BCUT2D eigenvalue weighted by Gasteiger charge is -2.26. The molecule has 29 nitrogen and oxygen atoms in total. The quantitative estimate of drug-likeness (QED) is 0.0120. The molecule has 0 aliphatic rings. The van der Waals surface area contributed by atoms with E-state index < -0.39 is 139 Å². The van der Waals surface area contributed by atoms with Crippen molar-refractivity contribution in [2.75, 3.05) is 19.7 Å². The molecular weight excluding hydrogens is 1080 g/mol. The fraction of sp³-hybridized carbons (Fsp3) is 0.407. The van der Waals surface area contributed by atoms with Crippen molar-refractivity contribution in [2.24, 2.45) is 28.9 Å². The van der Waals surface area contributed by atoms with Crippen LogP contribution in [0, 0.1) is 11.3 Å². The number of carboxylic acids is 1. The number of phenols is 1. The number of aliphatic carboxylic acids is 1. The van der Waals surface area contributed by atoms with Gasteiger partial charge in [-0.2, -0.15) is 0 Å². The van der Waals surface area contributed by atoms with E-state index in [1.54, 1.807) is 74.6 Å². The first-order chi connectivity index (χ1) is 39.3. The number of carbonyl (C=O) groups is 11. The van der Waals surface area contributed by atoms with Crippen molar-refractivity contribution in [1.29, 1.82) is 5.41 Å². The molecular formula is C54H73N15O14. The number of aliphatic hydroxyl groups is 1. The van der Waals surface area contributed by atoms with E-state index in [0.717, 1.165) is 0 Å². The van der Waals surface area contributed by atoms with Crippen LogP contribution in [0.4, 0.5) is 0 Å². The lowest BCUT2D eigenvalue weighted by molar-refractivity contribution is -0.142. The van der Waals surface area contributed by atoms with Gasteiger partial charge in [0, 0.05) is 36.5 Å². The minimum Gasteiger partial charge on any atom is -0.508 e. The normalized spacial score (nSPS) is 13.9. The number of benzene rings is 3. The van der Waals surface area contributed by atoms with E-state index in [4.69, 9.17) is 28.3 Å². The van der Waals surface area contributed by atoms with E-state index in [-0.39, 0.29) is 62.7 Å². The third-order valence-corrected chi connectivity index (χ3v) is 12.7. The number of amides is 10. The first-order valence-electron chi connectivity index (χ1n) is 26.3. The Kier molecular flexibility index (Phi) is 25.9. The van der Waals surface area contributed by atoms with Crippen LogP contribution in [0.3, 0.4) is 0 Å². The van der Waals surface area contributed by atoms with Crippen LogP contribution >= 0.6 is 0 Å². The van der Waals surface area contributed by atoms with Crippen molar-refractivity contribution in [2.45, 2.75) is 114 Å². The third-order valence-electron chi connectivity index (χ3n) is 12.7. The van der Waals surface area contributed by atoms with E-state index in [1.807, 2.05) is 0 Å². The van der Waals surface area contributed by atoms with Crippen LogP contribution in [-0.2, 0) is 72.0 Å². The van der Waals surface area contributed by atoms with Gasteiger partial charge in [0.1, 0.15) is 48.0 Å². The number of carboxylic acid groups (broad SMARTS) is 1. The molecule has 0 aliphatic carbocycles. The van der Waals surface area contributed by atoms with Crippen molar-refractivity contribution in [3.63, 3.8) is 0 Å². The number of para-hydroxylation sites is 1. The van der Waals surface area contributed by atoms with Gasteiger partial charge >= 0.3 is 5.97 Å². The summed E-state index contributed by atoms with van der Waals surface area (Å²) < 4.78 is 0. The standard InChI is InChI=1S/C54H73N15O14/c1-28(2)19-37(48(77)64-36(53(82)83)13-8-18-60-54(58)59)63-45(74)26-62-47(76)38(21-29-9-4-3-5-10-29)66-52(81)42(27-70)69-51(80)41(24-44(57)73)68-49(78)39(22-31-25-61-35-12-7-6-11-33(31)35)67-50(79)40(23-43(56)72)65-46(75)34(55)20-30-14-16-32(71)17-15-30/h3-7,9-12,14-17,25,28,34,36-42,61,70-71H,8,13,18-24,26-27,55H2,1-2H3,(H2,56,72)(H2,57,73)(H,62,76)(H,63,74)(H,64,77)(H,65,75)(H,66,81)(H,67,79)(H,68,78)(H,69,80)(H,82,83)(H4,58,59,60)/t34-,36-,37-,38-,39+,40-,41-,42-/m0/s1. The van der Waals surface area contributed by atoms with Gasteiger partial charge in [0.05, 0.1) is 32.0 Å². The van der Waals surface area contributed by atoms with Crippen LogP contribution < -0.4 is 70.8 Å². The largest absolute Gasteiger partial charge is 0.508 e. The average Bonchev–Trinajstić information content (AvgIpc) is 4.00. The highest BCUT2D eigenvalue weighted by atomic mass is 16.4. The second kappa shape index (κ2) is 32.6. The number of phenolic OH excluding ortho intramolecular Hbond substituents is 1. The predicted molar refractivity (Wildman–Crippen MR) is 299 cm³/mol. The molecule has 1 heterocycles. The molecule has 0 saturated heterocycles. The summed E-state index contributed by atoms with van der Waals surface area (Å²) in [4.78, 5) is 150. The molecule has 4 rings (SSSR count). The molecule has 3 aromatic carbocycles. The molecule has 0 radical (unpaired) electrons. The Morgan fingerprint density at radius 2 is 1.07 bits per heavy atom. The number of H-pyrrole nitrogens is 1. The van der Waals surface area contributed by atoms with Gasteiger partial charge in [0.15, 0.2) is 5.96 Å². The van der Waals surface area contributed by atoms with Gasteiger partial charge in [0.25, 0.3) is 0 Å². The Bertz CT molecular complexity index is 2940. The molecule has 0 unspecified atom stereocenters. The number of hydrogen-bond acceptors (Lipinski definition) is 15. The Morgan fingerprint density at radius 3 is 1.65 bits per heavy atom. The number of rotatable bonds is 34. The van der Waals surface area contributed by atoms with Crippen LogP contribution in [0.1, 0.15) is 62.6 Å². The van der Waals surface area contributed by atoms with Gasteiger partial charge in [0.2, 0.25) is 59.1 Å². The molecule has 0 aliphatic heterocycles. The minimum absolute atomic E-state index is 0.0318. The maximum atomic E-state index is 14.4. The molecule has 10 amide bonds. The van der Waals surface area contributed by atoms with Crippen LogP contribution in [0.5, 0.6) is 5.75 Å². The third kappa shape index (κ3) is 22.4. The summed E-state index contributed by atoms with van der Waals surface area (Å²) in [6, 6.07) is 8.48. The molecule has 0 saturated carbocycles. The summed E-state index contributed by atoms with van der Waals surface area (Å²) >= 11 is 0. The van der Waals surface area contributed by atoms with Crippen molar-refractivity contribution in [3.05, 3.63) is 102 Å². The molecule has 29 heteroatoms. The van der Waals surface area contributed by atoms with Crippen molar-refractivity contribution < 1.29 is 68.1 Å². The van der Waals surface area contributed by atoms with Crippen molar-refractivity contribution in [1.82, 2.24) is 52.8 Å². The van der Waals surface area contributed by atoms with Gasteiger partial charge in [-0.05, 0) is 66.5 Å². The summed E-state index contributed by atoms with van der Waals surface area (Å²) in [5, 5.41) is 59.5. The van der Waals surface area contributed by atoms with Crippen LogP contribution in [0.25, 0.3) is 10.9 Å². The number of guanidine groups is 1. The van der Waals surface area contributed by atoms with E-state index in [2.05, 4.69) is 52.8 Å². The van der Waals surface area contributed by atoms with Gasteiger partial charge in [-0.1, -0.05) is 74.5 Å². The number of fused-ring (bicyclic) bond motifs is 1. The maximum Gasteiger partial charge on any atom is 0.326 e. The maximum absolute atomic E-state index is 14.4. The number of hydrogen-bond donors (Lipinski definition) is 18. The first kappa shape index (κ1) is 65.9. The van der Waals surface area contributed by atoms with E-state index in [1.165, 1.54) is 24.3 Å². The molecule has 448 valence electrons. The molecule has 1 aromatic heterocycles. The number of nitrogens with one attached hydrogen (secondary N) is 11.